The van der Waals surface area contributed by atoms with Crippen LogP contribution in [0.2, 0.25) is 0 Å². The van der Waals surface area contributed by atoms with Gasteiger partial charge in [0.2, 0.25) is 0 Å². The lowest BCUT2D eigenvalue weighted by Gasteiger charge is -2.35. The lowest BCUT2D eigenvalue weighted by molar-refractivity contribution is -0.151. The molecule has 0 spiro atoms. The Morgan fingerprint density at radius 2 is 1.85 bits per heavy atom. The van der Waals surface area contributed by atoms with Crippen LogP contribution in [0.4, 0.5) is 0 Å². The monoisotopic (exact) mass is 276 g/mol. The van der Waals surface area contributed by atoms with Gasteiger partial charge in [0.1, 0.15) is 0 Å². The van der Waals surface area contributed by atoms with Gasteiger partial charge in [-0.2, -0.15) is 0 Å². The number of rotatable bonds is 4. The summed E-state index contributed by atoms with van der Waals surface area (Å²) in [5.74, 6) is -0.166. The van der Waals surface area contributed by atoms with Crippen molar-refractivity contribution in [1.82, 2.24) is 0 Å². The Hall–Kier alpha value is -1.35. The van der Waals surface area contributed by atoms with Gasteiger partial charge in [-0.3, -0.25) is 4.79 Å². The Morgan fingerprint density at radius 3 is 2.35 bits per heavy atom. The van der Waals surface area contributed by atoms with Crippen LogP contribution in [0.3, 0.4) is 0 Å². The van der Waals surface area contributed by atoms with Crippen LogP contribution in [0.15, 0.2) is 24.3 Å². The van der Waals surface area contributed by atoms with Gasteiger partial charge in [0, 0.05) is 0 Å². The standard InChI is InChI=1S/C17H24O3/c1-3-13-5-7-15(8-6-13)17(19)11-9-14(10-12-17)16(18)20-4-2/h5-8,14,19H,3-4,9-12H2,1-2H3. The fraction of sp³-hybridized carbons (Fsp3) is 0.588. The summed E-state index contributed by atoms with van der Waals surface area (Å²) >= 11 is 0. The van der Waals surface area contributed by atoms with Gasteiger partial charge in [0.15, 0.2) is 0 Å². The third-order valence-electron chi connectivity index (χ3n) is 4.33. The molecule has 0 radical (unpaired) electrons. The van der Waals surface area contributed by atoms with E-state index >= 15 is 0 Å². The van der Waals surface area contributed by atoms with Crippen molar-refractivity contribution in [1.29, 1.82) is 0 Å². The molecule has 1 aromatic rings. The van der Waals surface area contributed by atoms with Crippen LogP contribution in [0, 0.1) is 5.92 Å². The summed E-state index contributed by atoms with van der Waals surface area (Å²) in [5.41, 5.74) is 1.46. The van der Waals surface area contributed by atoms with Crippen molar-refractivity contribution in [3.63, 3.8) is 0 Å². The van der Waals surface area contributed by atoms with Crippen molar-refractivity contribution in [3.8, 4) is 0 Å². The van der Waals surface area contributed by atoms with E-state index in [4.69, 9.17) is 4.74 Å². The Labute approximate surface area is 121 Å². The lowest BCUT2D eigenvalue weighted by Crippen LogP contribution is -2.34. The molecule has 1 aliphatic carbocycles. The summed E-state index contributed by atoms with van der Waals surface area (Å²) in [6.07, 6.45) is 3.66. The molecule has 2 rings (SSSR count). The SMILES string of the molecule is CCOC(=O)C1CCC(O)(c2ccc(CC)cc2)CC1. The molecule has 0 saturated heterocycles. The van der Waals surface area contributed by atoms with Crippen molar-refractivity contribution < 1.29 is 14.6 Å². The molecule has 3 heteroatoms. The first-order valence-electron chi connectivity index (χ1n) is 7.57. The number of esters is 1. The summed E-state index contributed by atoms with van der Waals surface area (Å²) in [6, 6.07) is 8.18. The zero-order valence-electron chi connectivity index (χ0n) is 12.4. The van der Waals surface area contributed by atoms with Crippen molar-refractivity contribution >= 4 is 5.97 Å². The summed E-state index contributed by atoms with van der Waals surface area (Å²) < 4.78 is 5.06. The van der Waals surface area contributed by atoms with Gasteiger partial charge < -0.3 is 9.84 Å². The molecule has 0 bridgehead atoms. The van der Waals surface area contributed by atoms with E-state index in [2.05, 4.69) is 19.1 Å². The maximum Gasteiger partial charge on any atom is 0.308 e. The van der Waals surface area contributed by atoms with E-state index in [-0.39, 0.29) is 11.9 Å². The van der Waals surface area contributed by atoms with E-state index in [1.165, 1.54) is 5.56 Å². The Kier molecular flexibility index (Phi) is 4.81. The minimum absolute atomic E-state index is 0.0508. The van der Waals surface area contributed by atoms with E-state index in [9.17, 15) is 9.90 Å². The number of ether oxygens (including phenoxy) is 1. The number of hydrogen-bond acceptors (Lipinski definition) is 3. The van der Waals surface area contributed by atoms with Crippen LogP contribution in [-0.4, -0.2) is 17.7 Å². The molecular formula is C17H24O3. The largest absolute Gasteiger partial charge is 0.466 e. The average molecular weight is 276 g/mol. The minimum Gasteiger partial charge on any atom is -0.466 e. The van der Waals surface area contributed by atoms with Gasteiger partial charge in [-0.1, -0.05) is 31.2 Å². The molecule has 0 aromatic heterocycles. The molecule has 0 aliphatic heterocycles. The normalized spacial score (nSPS) is 26.2. The molecule has 20 heavy (non-hydrogen) atoms. The first-order chi connectivity index (χ1) is 9.59. The molecule has 1 aromatic carbocycles. The maximum atomic E-state index is 11.7. The zero-order chi connectivity index (χ0) is 14.6. The maximum absolute atomic E-state index is 11.7. The highest BCUT2D eigenvalue weighted by atomic mass is 16.5. The molecule has 1 aliphatic rings. The van der Waals surface area contributed by atoms with Gasteiger partial charge >= 0.3 is 5.97 Å². The topological polar surface area (TPSA) is 46.5 Å². The smallest absolute Gasteiger partial charge is 0.308 e. The molecule has 0 unspecified atom stereocenters. The van der Waals surface area contributed by atoms with Gasteiger partial charge in [-0.25, -0.2) is 0 Å². The first-order valence-corrected chi connectivity index (χ1v) is 7.57. The van der Waals surface area contributed by atoms with E-state index in [1.54, 1.807) is 0 Å². The molecule has 3 nitrogen and oxygen atoms in total. The highest BCUT2D eigenvalue weighted by Gasteiger charge is 2.37. The van der Waals surface area contributed by atoms with Gasteiger partial charge in [-0.15, -0.1) is 0 Å². The number of carbonyl (C=O) groups excluding carboxylic acids is 1. The number of benzene rings is 1. The predicted octanol–water partition coefficient (Wildman–Crippen LogP) is 3.19. The van der Waals surface area contributed by atoms with Gasteiger partial charge in [0.05, 0.1) is 18.1 Å². The third kappa shape index (κ3) is 3.21. The van der Waals surface area contributed by atoms with Crippen molar-refractivity contribution in [2.24, 2.45) is 5.92 Å². The van der Waals surface area contributed by atoms with Crippen LogP contribution in [0.5, 0.6) is 0 Å². The molecule has 0 amide bonds. The summed E-state index contributed by atoms with van der Waals surface area (Å²) in [5, 5.41) is 10.8. The van der Waals surface area contributed by atoms with E-state index in [0.717, 1.165) is 12.0 Å². The third-order valence-corrected chi connectivity index (χ3v) is 4.33. The Morgan fingerprint density at radius 1 is 1.25 bits per heavy atom. The van der Waals surface area contributed by atoms with Crippen LogP contribution in [0.1, 0.15) is 50.7 Å². The van der Waals surface area contributed by atoms with Crippen molar-refractivity contribution in [2.45, 2.75) is 51.6 Å². The number of carbonyl (C=O) groups is 1. The highest BCUT2D eigenvalue weighted by Crippen LogP contribution is 2.39. The van der Waals surface area contributed by atoms with Gasteiger partial charge in [-0.05, 0) is 50.2 Å². The molecule has 1 N–H and O–H groups in total. The zero-order valence-corrected chi connectivity index (χ0v) is 12.4. The van der Waals surface area contributed by atoms with E-state index in [1.807, 2.05) is 19.1 Å². The first kappa shape index (κ1) is 15.0. The Bertz CT molecular complexity index is 442. The molecular weight excluding hydrogens is 252 g/mol. The predicted molar refractivity (Wildman–Crippen MR) is 78.3 cm³/mol. The second-order valence-electron chi connectivity index (χ2n) is 5.61. The Balaban J connectivity index is 2.01. The summed E-state index contributed by atoms with van der Waals surface area (Å²) in [6.45, 7) is 4.37. The fourth-order valence-electron chi connectivity index (χ4n) is 2.93. The van der Waals surface area contributed by atoms with Gasteiger partial charge in [0.25, 0.3) is 0 Å². The van der Waals surface area contributed by atoms with Crippen LogP contribution < -0.4 is 0 Å². The summed E-state index contributed by atoms with van der Waals surface area (Å²) in [7, 11) is 0. The minimum atomic E-state index is -0.782. The van der Waals surface area contributed by atoms with E-state index in [0.29, 0.717) is 32.3 Å². The fourth-order valence-corrected chi connectivity index (χ4v) is 2.93. The van der Waals surface area contributed by atoms with E-state index < -0.39 is 5.60 Å². The molecule has 0 heterocycles. The van der Waals surface area contributed by atoms with Crippen molar-refractivity contribution in [3.05, 3.63) is 35.4 Å². The molecule has 0 atom stereocenters. The molecule has 110 valence electrons. The molecule has 1 saturated carbocycles. The van der Waals surface area contributed by atoms with Crippen LogP contribution >= 0.6 is 0 Å². The van der Waals surface area contributed by atoms with Crippen LogP contribution in [-0.2, 0) is 21.6 Å². The lowest BCUT2D eigenvalue weighted by atomic mass is 9.75. The second kappa shape index (κ2) is 6.40. The molecule has 1 fully saturated rings. The van der Waals surface area contributed by atoms with Crippen LogP contribution in [0.25, 0.3) is 0 Å². The second-order valence-corrected chi connectivity index (χ2v) is 5.61. The van der Waals surface area contributed by atoms with Crippen molar-refractivity contribution in [2.75, 3.05) is 6.61 Å². The summed E-state index contributed by atoms with van der Waals surface area (Å²) in [4.78, 5) is 11.7. The number of aliphatic hydroxyl groups is 1. The number of hydrogen-bond donors (Lipinski definition) is 1. The average Bonchev–Trinajstić information content (AvgIpc) is 2.48. The number of aryl methyl sites for hydroxylation is 1. The highest BCUT2D eigenvalue weighted by molar-refractivity contribution is 5.72. The quantitative estimate of drug-likeness (QED) is 0.859.